The molecule has 4 rings (SSSR count). The molecule has 0 spiro atoms. The molecule has 4 aromatic rings. The highest BCUT2D eigenvalue weighted by atomic mass is 31.2. The van der Waals surface area contributed by atoms with Crippen LogP contribution in [0.15, 0.2) is 108 Å². The van der Waals surface area contributed by atoms with E-state index in [2.05, 4.69) is 38.0 Å². The first-order chi connectivity index (χ1) is 24.0. The first-order valence-corrected chi connectivity index (χ1v) is 17.2. The van der Waals surface area contributed by atoms with E-state index < -0.39 is 31.6 Å². The third-order valence-electron chi connectivity index (χ3n) is 7.05. The summed E-state index contributed by atoms with van der Waals surface area (Å²) in [4.78, 5) is 26.1. The smallest absolute Gasteiger partial charge is 0.475 e. The third kappa shape index (κ3) is 12.7. The second-order valence-corrected chi connectivity index (χ2v) is 13.7. The summed E-state index contributed by atoms with van der Waals surface area (Å²) in [6.45, 7) is 8.34. The Morgan fingerprint density at radius 3 is 1.59 bits per heavy atom. The van der Waals surface area contributed by atoms with Crippen LogP contribution in [0.3, 0.4) is 0 Å². The van der Waals surface area contributed by atoms with Crippen molar-refractivity contribution in [2.24, 2.45) is 16.5 Å². The molecule has 0 heterocycles. The molecule has 1 unspecified atom stereocenters. The monoisotopic (exact) mass is 728 g/mol. The van der Waals surface area contributed by atoms with Crippen LogP contribution in [0.25, 0.3) is 0 Å². The van der Waals surface area contributed by atoms with E-state index in [1.165, 1.54) is 0 Å². The number of hydrogen-bond acceptors (Lipinski definition) is 7. The van der Waals surface area contributed by atoms with Gasteiger partial charge in [-0.25, -0.2) is 19.1 Å². The van der Waals surface area contributed by atoms with Gasteiger partial charge in [-0.3, -0.25) is 0 Å². The van der Waals surface area contributed by atoms with Gasteiger partial charge >= 0.3 is 25.8 Å². The highest BCUT2D eigenvalue weighted by Crippen LogP contribution is 2.59. The van der Waals surface area contributed by atoms with E-state index in [0.717, 1.165) is 16.7 Å². The number of guanidine groups is 1. The minimum atomic E-state index is -5.08. The number of carbonyl (C=O) groups is 2. The van der Waals surface area contributed by atoms with Crippen molar-refractivity contribution < 1.29 is 46.2 Å². The lowest BCUT2D eigenvalue weighted by Gasteiger charge is -2.28. The SMILES string of the molecule is CC(C)c1ccc(OP(=O)(Oc2ccc(C(C)C)cc2)C(NC(=O)OCc2ccccc2)c2ccc(N=C(N)N)cc2)cc1.O=C(O)C(F)(F)F. The molecule has 0 saturated carbocycles. The van der Waals surface area contributed by atoms with Gasteiger partial charge in [0.15, 0.2) is 11.7 Å². The summed E-state index contributed by atoms with van der Waals surface area (Å²) in [5, 5.41) is 9.87. The number of alkyl halides is 3. The fourth-order valence-corrected chi connectivity index (χ4v) is 6.23. The minimum Gasteiger partial charge on any atom is -0.475 e. The van der Waals surface area contributed by atoms with Crippen molar-refractivity contribution in [1.82, 2.24) is 5.32 Å². The molecule has 0 aliphatic heterocycles. The number of carboxylic acids is 1. The quantitative estimate of drug-likeness (QED) is 0.0631. The predicted octanol–water partition coefficient (Wildman–Crippen LogP) is 8.75. The maximum absolute atomic E-state index is 15.0. The average molecular weight is 729 g/mol. The van der Waals surface area contributed by atoms with Crippen molar-refractivity contribution in [3.05, 3.63) is 125 Å². The molecule has 0 fully saturated rings. The van der Waals surface area contributed by atoms with Gasteiger partial charge in [0.2, 0.25) is 0 Å². The molecule has 6 N–H and O–H groups in total. The summed E-state index contributed by atoms with van der Waals surface area (Å²) in [6.07, 6.45) is -5.88. The molecule has 0 aromatic heterocycles. The summed E-state index contributed by atoms with van der Waals surface area (Å²) >= 11 is 0. The molecule has 0 saturated heterocycles. The zero-order valence-corrected chi connectivity index (χ0v) is 29.2. The van der Waals surface area contributed by atoms with Gasteiger partial charge in [0.05, 0.1) is 5.69 Å². The number of alkyl carbamates (subject to hydrolysis) is 1. The number of nitrogens with two attached hydrogens (primary N) is 2. The number of rotatable bonds is 12. The maximum atomic E-state index is 15.0. The highest BCUT2D eigenvalue weighted by molar-refractivity contribution is 7.55. The molecule has 0 radical (unpaired) electrons. The van der Waals surface area contributed by atoms with Crippen molar-refractivity contribution in [2.45, 2.75) is 58.1 Å². The normalized spacial score (nSPS) is 11.9. The number of aliphatic carboxylic acids is 1. The summed E-state index contributed by atoms with van der Waals surface area (Å²) in [5.41, 5.74) is 15.0. The van der Waals surface area contributed by atoms with Gasteiger partial charge < -0.3 is 35.7 Å². The Labute approximate surface area is 294 Å². The van der Waals surface area contributed by atoms with Gasteiger partial charge in [-0.05, 0) is 70.5 Å². The predicted molar refractivity (Wildman–Crippen MR) is 188 cm³/mol. The van der Waals surface area contributed by atoms with Gasteiger partial charge in [-0.15, -0.1) is 0 Å². The van der Waals surface area contributed by atoms with Crippen molar-refractivity contribution in [3.8, 4) is 11.5 Å². The van der Waals surface area contributed by atoms with Crippen LogP contribution < -0.4 is 25.8 Å². The van der Waals surface area contributed by atoms with Crippen LogP contribution in [0.2, 0.25) is 0 Å². The average Bonchev–Trinajstić information content (AvgIpc) is 3.07. The Kier molecular flexibility index (Phi) is 14.1. The number of nitrogens with zero attached hydrogens (tertiary/aromatic N) is 1. The Hall–Kier alpha value is -5.49. The lowest BCUT2D eigenvalue weighted by atomic mass is 10.0. The summed E-state index contributed by atoms with van der Waals surface area (Å²) < 4.78 is 64.6. The lowest BCUT2D eigenvalue weighted by molar-refractivity contribution is -0.192. The van der Waals surface area contributed by atoms with Crippen LogP contribution in [0.5, 0.6) is 11.5 Å². The molecule has 1 amide bonds. The molecule has 51 heavy (non-hydrogen) atoms. The number of amides is 1. The molecule has 1 atom stereocenters. The van der Waals surface area contributed by atoms with Crippen molar-refractivity contribution in [1.29, 1.82) is 0 Å². The van der Waals surface area contributed by atoms with Crippen LogP contribution in [-0.2, 0) is 20.7 Å². The summed E-state index contributed by atoms with van der Waals surface area (Å²) in [5.74, 6) is -2.91. The van der Waals surface area contributed by atoms with Gasteiger partial charge in [0.25, 0.3) is 0 Å². The van der Waals surface area contributed by atoms with Crippen molar-refractivity contribution >= 4 is 31.3 Å². The number of ether oxygens (including phenoxy) is 1. The largest absolute Gasteiger partial charge is 0.490 e. The first kappa shape index (κ1) is 39.9. The Morgan fingerprint density at radius 1 is 0.765 bits per heavy atom. The number of nitrogens with one attached hydrogen (secondary N) is 1. The standard InChI is InChI=1S/C34H39N4O5P.C2HF3O2/c1-23(2)26-12-18-30(19-13-26)42-44(40,43-31-20-14-27(15-21-31)24(3)4)32(28-10-16-29(17-11-28)37-33(35)36)38-34(39)41-22-25-8-6-5-7-9-25;3-2(4,5)1(6)7/h5-21,23-24,32H,22H2,1-4H3,(H,38,39)(H4,35,36,37);(H,6,7). The third-order valence-corrected chi connectivity index (χ3v) is 9.04. The maximum Gasteiger partial charge on any atom is 0.490 e. The molecule has 0 aliphatic rings. The Morgan fingerprint density at radius 2 is 1.20 bits per heavy atom. The molecule has 15 heteroatoms. The molecule has 272 valence electrons. The van der Waals surface area contributed by atoms with E-state index in [1.54, 1.807) is 48.5 Å². The second-order valence-electron chi connectivity index (χ2n) is 11.7. The van der Waals surface area contributed by atoms with Gasteiger partial charge in [-0.1, -0.05) is 94.4 Å². The van der Waals surface area contributed by atoms with E-state index in [4.69, 9.17) is 35.2 Å². The topological polar surface area (TPSA) is 176 Å². The van der Waals surface area contributed by atoms with Gasteiger partial charge in [0.1, 0.15) is 18.1 Å². The van der Waals surface area contributed by atoms with Crippen molar-refractivity contribution in [2.75, 3.05) is 0 Å². The number of halogens is 3. The highest BCUT2D eigenvalue weighted by Gasteiger charge is 2.42. The zero-order valence-electron chi connectivity index (χ0n) is 28.3. The molecular weight excluding hydrogens is 688 g/mol. The lowest BCUT2D eigenvalue weighted by Crippen LogP contribution is -2.31. The van der Waals surface area contributed by atoms with E-state index in [1.807, 2.05) is 54.6 Å². The number of carbonyl (C=O) groups excluding carboxylic acids is 1. The van der Waals surface area contributed by atoms with E-state index >= 15 is 0 Å². The fourth-order valence-electron chi connectivity index (χ4n) is 4.35. The fraction of sp³-hybridized carbons (Fsp3) is 0.250. The van der Waals surface area contributed by atoms with E-state index in [9.17, 15) is 22.5 Å². The van der Waals surface area contributed by atoms with Crippen LogP contribution in [0.4, 0.5) is 23.7 Å². The Balaban J connectivity index is 0.000000908. The summed E-state index contributed by atoms with van der Waals surface area (Å²) in [6, 6.07) is 30.4. The van der Waals surface area contributed by atoms with Crippen LogP contribution in [-0.4, -0.2) is 29.3 Å². The van der Waals surface area contributed by atoms with Crippen LogP contribution in [0.1, 0.15) is 67.6 Å². The zero-order chi connectivity index (χ0) is 37.8. The van der Waals surface area contributed by atoms with Gasteiger partial charge in [0, 0.05) is 0 Å². The minimum absolute atomic E-state index is 0.0160. The number of hydrogen-bond donors (Lipinski definition) is 4. The molecule has 0 bridgehead atoms. The Bertz CT molecular complexity index is 1740. The summed E-state index contributed by atoms with van der Waals surface area (Å²) in [7, 11) is -4.26. The molecule has 0 aliphatic carbocycles. The van der Waals surface area contributed by atoms with Gasteiger partial charge in [-0.2, -0.15) is 13.2 Å². The second kappa shape index (κ2) is 18.0. The number of carboxylic acid groups (broad SMARTS) is 1. The molecule has 11 nitrogen and oxygen atoms in total. The van der Waals surface area contributed by atoms with Crippen molar-refractivity contribution in [3.63, 3.8) is 0 Å². The number of aliphatic imine (C=N–C) groups is 1. The molecule has 4 aromatic carbocycles. The van der Waals surface area contributed by atoms with Crippen LogP contribution in [0, 0.1) is 0 Å². The first-order valence-electron chi connectivity index (χ1n) is 15.6. The number of benzene rings is 4. The van der Waals surface area contributed by atoms with E-state index in [0.29, 0.717) is 34.6 Å². The van der Waals surface area contributed by atoms with E-state index in [-0.39, 0.29) is 12.6 Å². The molecular formula is C36H40F3N4O7P. The van der Waals surface area contributed by atoms with Crippen LogP contribution >= 0.6 is 7.60 Å².